The van der Waals surface area contributed by atoms with Gasteiger partial charge in [0.05, 0.1) is 6.61 Å². The van der Waals surface area contributed by atoms with E-state index in [0.717, 1.165) is 19.1 Å². The van der Waals surface area contributed by atoms with E-state index < -0.39 is 0 Å². The molecule has 2 fully saturated rings. The Hall–Kier alpha value is -0.120. The van der Waals surface area contributed by atoms with Crippen LogP contribution in [0.3, 0.4) is 0 Å². The maximum Gasteiger partial charge on any atom is 0.0622 e. The zero-order valence-electron chi connectivity index (χ0n) is 10.2. The monoisotopic (exact) mass is 212 g/mol. The summed E-state index contributed by atoms with van der Waals surface area (Å²) < 4.78 is 5.49. The lowest BCUT2D eigenvalue weighted by molar-refractivity contribution is 0.0423. The van der Waals surface area contributed by atoms with Crippen LogP contribution in [-0.2, 0) is 4.74 Å². The van der Waals surface area contributed by atoms with Crippen molar-refractivity contribution in [3.8, 4) is 0 Å². The molecule has 3 heteroatoms. The molecule has 0 amide bonds. The van der Waals surface area contributed by atoms with Gasteiger partial charge >= 0.3 is 0 Å². The third-order valence-electron chi connectivity index (χ3n) is 4.36. The van der Waals surface area contributed by atoms with Crippen LogP contribution >= 0.6 is 0 Å². The number of nitrogens with zero attached hydrogens (tertiary/aromatic N) is 1. The van der Waals surface area contributed by atoms with E-state index in [4.69, 9.17) is 4.74 Å². The van der Waals surface area contributed by atoms with Crippen LogP contribution in [0.25, 0.3) is 0 Å². The molecule has 2 aliphatic heterocycles. The lowest BCUT2D eigenvalue weighted by Gasteiger charge is -2.45. The van der Waals surface area contributed by atoms with Crippen LogP contribution in [0.2, 0.25) is 0 Å². The van der Waals surface area contributed by atoms with Gasteiger partial charge in [-0.05, 0) is 32.7 Å². The minimum absolute atomic E-state index is 0.681. The number of piperidine rings is 1. The van der Waals surface area contributed by atoms with Crippen molar-refractivity contribution in [3.63, 3.8) is 0 Å². The summed E-state index contributed by atoms with van der Waals surface area (Å²) in [5.41, 5.74) is 0. The summed E-state index contributed by atoms with van der Waals surface area (Å²) in [6.45, 7) is 7.87. The third kappa shape index (κ3) is 2.19. The lowest BCUT2D eigenvalue weighted by Crippen LogP contribution is -2.55. The van der Waals surface area contributed by atoms with E-state index >= 15 is 0 Å². The Morgan fingerprint density at radius 2 is 2.07 bits per heavy atom. The Morgan fingerprint density at radius 1 is 1.27 bits per heavy atom. The molecule has 88 valence electrons. The molecule has 1 N–H and O–H groups in total. The van der Waals surface area contributed by atoms with E-state index in [1.165, 1.54) is 19.4 Å². The summed E-state index contributed by atoms with van der Waals surface area (Å²) in [6, 6.07) is 2.06. The van der Waals surface area contributed by atoms with Crippen LogP contribution in [0.5, 0.6) is 0 Å². The molecule has 2 rings (SSSR count). The highest BCUT2D eigenvalue weighted by atomic mass is 16.5. The molecule has 2 aliphatic rings. The molecule has 3 nitrogen and oxygen atoms in total. The maximum atomic E-state index is 5.49. The Balaban J connectivity index is 1.97. The molecule has 2 saturated heterocycles. The largest absolute Gasteiger partial charge is 0.380 e. The zero-order valence-corrected chi connectivity index (χ0v) is 10.2. The van der Waals surface area contributed by atoms with Gasteiger partial charge in [-0.15, -0.1) is 0 Å². The van der Waals surface area contributed by atoms with E-state index in [0.29, 0.717) is 18.1 Å². The highest BCUT2D eigenvalue weighted by Gasteiger charge is 2.36. The number of hydrogen-bond acceptors (Lipinski definition) is 3. The van der Waals surface area contributed by atoms with Gasteiger partial charge in [0, 0.05) is 31.3 Å². The second-order valence-electron chi connectivity index (χ2n) is 5.04. The molecule has 4 unspecified atom stereocenters. The van der Waals surface area contributed by atoms with Crippen molar-refractivity contribution in [3.05, 3.63) is 0 Å². The van der Waals surface area contributed by atoms with Crippen molar-refractivity contribution in [2.45, 2.75) is 44.8 Å². The molecule has 0 bridgehead atoms. The lowest BCUT2D eigenvalue weighted by atomic mass is 9.86. The number of hydrogen-bond donors (Lipinski definition) is 1. The standard InChI is InChI=1S/C12H24N2O/c1-9-10(2)14(6-4-12(9)13-3)11-5-7-15-8-11/h9-13H,4-8H2,1-3H3. The number of nitrogens with one attached hydrogen (secondary N) is 1. The van der Waals surface area contributed by atoms with Crippen molar-refractivity contribution in [1.82, 2.24) is 10.2 Å². The molecule has 15 heavy (non-hydrogen) atoms. The van der Waals surface area contributed by atoms with Gasteiger partial charge in [-0.1, -0.05) is 6.92 Å². The van der Waals surface area contributed by atoms with Gasteiger partial charge in [-0.3, -0.25) is 4.90 Å². The van der Waals surface area contributed by atoms with Crippen LogP contribution in [0.1, 0.15) is 26.7 Å². The minimum Gasteiger partial charge on any atom is -0.380 e. The van der Waals surface area contributed by atoms with Crippen molar-refractivity contribution in [2.75, 3.05) is 26.8 Å². The van der Waals surface area contributed by atoms with Crippen LogP contribution in [0, 0.1) is 5.92 Å². The van der Waals surface area contributed by atoms with Gasteiger partial charge in [0.25, 0.3) is 0 Å². The van der Waals surface area contributed by atoms with Crippen LogP contribution in [-0.4, -0.2) is 49.8 Å². The van der Waals surface area contributed by atoms with E-state index in [2.05, 4.69) is 31.1 Å². The predicted octanol–water partition coefficient (Wildman–Crippen LogP) is 1.09. The van der Waals surface area contributed by atoms with Crippen LogP contribution < -0.4 is 5.32 Å². The Kier molecular flexibility index (Phi) is 3.65. The summed E-state index contributed by atoms with van der Waals surface area (Å²) in [6.07, 6.45) is 2.50. The average molecular weight is 212 g/mol. The first-order valence-electron chi connectivity index (χ1n) is 6.24. The van der Waals surface area contributed by atoms with Gasteiger partial charge in [-0.25, -0.2) is 0 Å². The quantitative estimate of drug-likeness (QED) is 0.741. The molecule has 0 radical (unpaired) electrons. The Morgan fingerprint density at radius 3 is 2.67 bits per heavy atom. The summed E-state index contributed by atoms with van der Waals surface area (Å²) in [5.74, 6) is 0.740. The average Bonchev–Trinajstić information content (AvgIpc) is 2.75. The third-order valence-corrected chi connectivity index (χ3v) is 4.36. The van der Waals surface area contributed by atoms with Crippen molar-refractivity contribution in [2.24, 2.45) is 5.92 Å². The van der Waals surface area contributed by atoms with Gasteiger partial charge in [-0.2, -0.15) is 0 Å². The summed E-state index contributed by atoms with van der Waals surface area (Å²) >= 11 is 0. The fraction of sp³-hybridized carbons (Fsp3) is 1.00. The number of likely N-dealkylation sites (tertiary alicyclic amines) is 1. The van der Waals surface area contributed by atoms with Gasteiger partial charge in [0.2, 0.25) is 0 Å². The van der Waals surface area contributed by atoms with Crippen molar-refractivity contribution >= 4 is 0 Å². The Bertz CT molecular complexity index is 204. The normalized spacial score (nSPS) is 43.4. The predicted molar refractivity (Wildman–Crippen MR) is 62.0 cm³/mol. The van der Waals surface area contributed by atoms with Crippen LogP contribution in [0.15, 0.2) is 0 Å². The molecule has 0 aromatic rings. The number of ether oxygens (including phenoxy) is 1. The fourth-order valence-electron chi connectivity index (χ4n) is 3.10. The minimum atomic E-state index is 0.681. The zero-order chi connectivity index (χ0) is 10.8. The summed E-state index contributed by atoms with van der Waals surface area (Å²) in [4.78, 5) is 2.66. The second-order valence-corrected chi connectivity index (χ2v) is 5.04. The van der Waals surface area contributed by atoms with Gasteiger partial charge in [0.1, 0.15) is 0 Å². The molecule has 0 aliphatic carbocycles. The molecule has 0 saturated carbocycles. The molecule has 0 aromatic carbocycles. The first kappa shape index (κ1) is 11.4. The summed E-state index contributed by atoms with van der Waals surface area (Å²) in [7, 11) is 2.09. The molecule has 2 heterocycles. The fourth-order valence-corrected chi connectivity index (χ4v) is 3.10. The molecule has 0 spiro atoms. The molecule has 0 aromatic heterocycles. The molecule has 4 atom stereocenters. The second kappa shape index (κ2) is 4.81. The van der Waals surface area contributed by atoms with Gasteiger partial charge < -0.3 is 10.1 Å². The van der Waals surface area contributed by atoms with Crippen molar-refractivity contribution < 1.29 is 4.74 Å². The van der Waals surface area contributed by atoms with E-state index in [1.807, 2.05) is 0 Å². The highest BCUT2D eigenvalue weighted by molar-refractivity contribution is 4.91. The van der Waals surface area contributed by atoms with E-state index in [1.54, 1.807) is 0 Å². The summed E-state index contributed by atoms with van der Waals surface area (Å²) in [5, 5.41) is 3.44. The molecular weight excluding hydrogens is 188 g/mol. The van der Waals surface area contributed by atoms with Crippen molar-refractivity contribution in [1.29, 1.82) is 0 Å². The first-order valence-corrected chi connectivity index (χ1v) is 6.24. The smallest absolute Gasteiger partial charge is 0.0622 e. The Labute approximate surface area is 93.2 Å². The highest BCUT2D eigenvalue weighted by Crippen LogP contribution is 2.27. The van der Waals surface area contributed by atoms with E-state index in [9.17, 15) is 0 Å². The van der Waals surface area contributed by atoms with E-state index in [-0.39, 0.29) is 0 Å². The molecular formula is C12H24N2O. The maximum absolute atomic E-state index is 5.49. The number of rotatable bonds is 2. The van der Waals surface area contributed by atoms with Gasteiger partial charge in [0.15, 0.2) is 0 Å². The SMILES string of the molecule is CNC1CCN(C2CCOC2)C(C)C1C. The first-order chi connectivity index (χ1) is 7.24. The van der Waals surface area contributed by atoms with Crippen LogP contribution in [0.4, 0.5) is 0 Å². The topological polar surface area (TPSA) is 24.5 Å².